The summed E-state index contributed by atoms with van der Waals surface area (Å²) in [6.45, 7) is 11.8. The number of hydrogen-bond acceptors (Lipinski definition) is 7. The Morgan fingerprint density at radius 3 is 2.16 bits per heavy atom. The highest BCUT2D eigenvalue weighted by Gasteiger charge is 2.39. The third kappa shape index (κ3) is 10.2. The molecule has 2 fully saturated rings. The van der Waals surface area contributed by atoms with Gasteiger partial charge in [0.25, 0.3) is 0 Å². The topological polar surface area (TPSA) is 147 Å². The van der Waals surface area contributed by atoms with Gasteiger partial charge >= 0.3 is 12.2 Å². The molecule has 12 nitrogen and oxygen atoms in total. The van der Waals surface area contributed by atoms with E-state index in [1.54, 1.807) is 63.3 Å². The molecular formula is C31H48N6O6. The van der Waals surface area contributed by atoms with Gasteiger partial charge in [-0.05, 0) is 79.2 Å². The lowest BCUT2D eigenvalue weighted by atomic mass is 10.0. The second-order valence-electron chi connectivity index (χ2n) is 13.2. The predicted octanol–water partition coefficient (Wildman–Crippen LogP) is 3.29. The van der Waals surface area contributed by atoms with Crippen molar-refractivity contribution >= 4 is 30.0 Å². The number of rotatable bonds is 5. The quantitative estimate of drug-likeness (QED) is 0.387. The van der Waals surface area contributed by atoms with Crippen LogP contribution in [-0.4, -0.2) is 101 Å². The zero-order chi connectivity index (χ0) is 31.9. The first-order chi connectivity index (χ1) is 20.0. The Morgan fingerprint density at radius 2 is 1.58 bits per heavy atom. The lowest BCUT2D eigenvalue weighted by Crippen LogP contribution is -2.56. The minimum atomic E-state index is -0.829. The highest BCUT2D eigenvalue weighted by atomic mass is 16.6. The molecule has 3 N–H and O–H groups in total. The number of ether oxygens (including phenoxy) is 2. The van der Waals surface area contributed by atoms with Crippen molar-refractivity contribution in [3.63, 3.8) is 0 Å². The summed E-state index contributed by atoms with van der Waals surface area (Å²) in [6, 6.07) is 8.25. The smallest absolute Gasteiger partial charge is 0.437 e. The van der Waals surface area contributed by atoms with E-state index in [9.17, 15) is 19.2 Å². The van der Waals surface area contributed by atoms with E-state index < -0.39 is 35.5 Å². The Labute approximate surface area is 254 Å². The van der Waals surface area contributed by atoms with E-state index in [2.05, 4.69) is 10.3 Å². The lowest BCUT2D eigenvalue weighted by molar-refractivity contribution is -0.145. The maximum Gasteiger partial charge on any atom is 0.437 e. The van der Waals surface area contributed by atoms with Crippen LogP contribution in [0.15, 0.2) is 35.3 Å². The van der Waals surface area contributed by atoms with E-state index in [0.717, 1.165) is 12.0 Å². The lowest BCUT2D eigenvalue weighted by Gasteiger charge is -2.39. The number of carbonyl (C=O) groups excluding carboxylic acids is 4. The first-order valence-electron chi connectivity index (χ1n) is 15.0. The molecule has 0 aromatic heterocycles. The molecule has 0 unspecified atom stereocenters. The normalized spacial score (nSPS) is 19.1. The van der Waals surface area contributed by atoms with E-state index in [1.807, 2.05) is 30.3 Å². The summed E-state index contributed by atoms with van der Waals surface area (Å²) in [5, 5.41) is 2.60. The Morgan fingerprint density at radius 1 is 0.977 bits per heavy atom. The molecule has 2 atom stereocenters. The summed E-state index contributed by atoms with van der Waals surface area (Å²) in [5.74, 6) is -0.277. The number of amides is 4. The third-order valence-electron chi connectivity index (χ3n) is 7.30. The van der Waals surface area contributed by atoms with Gasteiger partial charge < -0.3 is 29.9 Å². The van der Waals surface area contributed by atoms with Crippen LogP contribution in [0.3, 0.4) is 0 Å². The molecule has 1 aromatic rings. The molecule has 0 spiro atoms. The van der Waals surface area contributed by atoms with Crippen LogP contribution >= 0.6 is 0 Å². The molecule has 2 aliphatic rings. The van der Waals surface area contributed by atoms with Crippen LogP contribution in [0.1, 0.15) is 72.8 Å². The number of likely N-dealkylation sites (N-methyl/N-ethyl adjacent to an activating group) is 1. The molecule has 2 aliphatic heterocycles. The van der Waals surface area contributed by atoms with Gasteiger partial charge in [0.15, 0.2) is 0 Å². The molecule has 0 bridgehead atoms. The van der Waals surface area contributed by atoms with Gasteiger partial charge in [0, 0.05) is 32.7 Å². The Balaban J connectivity index is 1.63. The molecule has 0 radical (unpaired) electrons. The van der Waals surface area contributed by atoms with Crippen molar-refractivity contribution in [2.75, 3.05) is 26.7 Å². The molecule has 2 heterocycles. The fourth-order valence-electron chi connectivity index (χ4n) is 5.28. The molecule has 3 rings (SSSR count). The van der Waals surface area contributed by atoms with Crippen molar-refractivity contribution in [3.8, 4) is 0 Å². The Bertz CT molecular complexity index is 1170. The van der Waals surface area contributed by atoms with Gasteiger partial charge in [-0.25, -0.2) is 9.59 Å². The van der Waals surface area contributed by atoms with Crippen LogP contribution in [0.4, 0.5) is 9.59 Å². The molecule has 238 valence electrons. The van der Waals surface area contributed by atoms with Crippen molar-refractivity contribution in [1.82, 2.24) is 20.0 Å². The Kier molecular flexibility index (Phi) is 11.2. The summed E-state index contributed by atoms with van der Waals surface area (Å²) < 4.78 is 10.7. The standard InChI is InChI=1S/C31H48N6O6/c1-30(2,3)42-28(40)33-27(34-29(41)43-31(4,5)6)36-18-15-22(16-19-36)35(7)26(39)24-14-11-17-37(24)25(38)23(32)20-21-12-9-8-10-13-21/h8-10,12-13,22-24H,11,14-20,32H2,1-7H3,(H,33,34,40,41)/t23-,24+/m1/s1. The van der Waals surface area contributed by atoms with Crippen LogP contribution in [-0.2, 0) is 25.5 Å². The summed E-state index contributed by atoms with van der Waals surface area (Å²) in [4.78, 5) is 61.1. The summed E-state index contributed by atoms with van der Waals surface area (Å²) in [5.41, 5.74) is 5.77. The molecule has 1 aromatic carbocycles. The highest BCUT2D eigenvalue weighted by Crippen LogP contribution is 2.24. The number of nitrogens with one attached hydrogen (secondary N) is 1. The number of aliphatic imine (C=N–C) groups is 1. The largest absolute Gasteiger partial charge is 0.444 e. The number of carbonyl (C=O) groups is 4. The fourth-order valence-corrected chi connectivity index (χ4v) is 5.28. The zero-order valence-corrected chi connectivity index (χ0v) is 26.6. The average molecular weight is 601 g/mol. The highest BCUT2D eigenvalue weighted by molar-refractivity contribution is 5.99. The second-order valence-corrected chi connectivity index (χ2v) is 13.2. The van der Waals surface area contributed by atoms with Crippen molar-refractivity contribution in [2.45, 2.75) is 103 Å². The minimum Gasteiger partial charge on any atom is -0.444 e. The molecule has 0 saturated carbocycles. The van der Waals surface area contributed by atoms with Crippen molar-refractivity contribution < 1.29 is 28.7 Å². The zero-order valence-electron chi connectivity index (χ0n) is 26.6. The predicted molar refractivity (Wildman–Crippen MR) is 163 cm³/mol. The molecule has 12 heteroatoms. The number of alkyl carbamates (subject to hydrolysis) is 1. The van der Waals surface area contributed by atoms with Gasteiger partial charge in [-0.2, -0.15) is 0 Å². The molecular weight excluding hydrogens is 552 g/mol. The first kappa shape index (κ1) is 33.8. The number of benzene rings is 1. The average Bonchev–Trinajstić information content (AvgIpc) is 3.40. The molecule has 0 aliphatic carbocycles. The van der Waals surface area contributed by atoms with Gasteiger partial charge in [-0.3, -0.25) is 14.9 Å². The molecule has 2 saturated heterocycles. The molecule has 4 amide bonds. The van der Waals surface area contributed by atoms with E-state index in [0.29, 0.717) is 45.3 Å². The van der Waals surface area contributed by atoms with Crippen LogP contribution < -0.4 is 11.1 Å². The third-order valence-corrected chi connectivity index (χ3v) is 7.30. The molecule has 43 heavy (non-hydrogen) atoms. The maximum absolute atomic E-state index is 13.6. The van der Waals surface area contributed by atoms with E-state index >= 15 is 0 Å². The van der Waals surface area contributed by atoms with E-state index in [4.69, 9.17) is 15.2 Å². The monoisotopic (exact) mass is 600 g/mol. The summed E-state index contributed by atoms with van der Waals surface area (Å²) in [6.07, 6.45) is 1.33. The van der Waals surface area contributed by atoms with Crippen molar-refractivity contribution in [1.29, 1.82) is 0 Å². The van der Waals surface area contributed by atoms with Crippen LogP contribution in [0.5, 0.6) is 0 Å². The number of nitrogens with zero attached hydrogens (tertiary/aromatic N) is 4. The number of likely N-dealkylation sites (tertiary alicyclic amines) is 2. The van der Waals surface area contributed by atoms with Crippen LogP contribution in [0.25, 0.3) is 0 Å². The number of guanidine groups is 1. The maximum atomic E-state index is 13.6. The summed E-state index contributed by atoms with van der Waals surface area (Å²) in [7, 11) is 1.77. The van der Waals surface area contributed by atoms with Gasteiger partial charge in [0.2, 0.25) is 17.8 Å². The second kappa shape index (κ2) is 14.2. The number of nitrogens with two attached hydrogens (primary N) is 1. The first-order valence-corrected chi connectivity index (χ1v) is 15.0. The van der Waals surface area contributed by atoms with Gasteiger partial charge in [0.1, 0.15) is 17.2 Å². The number of hydrogen-bond donors (Lipinski definition) is 2. The van der Waals surface area contributed by atoms with Crippen LogP contribution in [0.2, 0.25) is 0 Å². The minimum absolute atomic E-state index is 0.0379. The summed E-state index contributed by atoms with van der Waals surface area (Å²) >= 11 is 0. The van der Waals surface area contributed by atoms with Crippen LogP contribution in [0, 0.1) is 0 Å². The van der Waals surface area contributed by atoms with Crippen molar-refractivity contribution in [3.05, 3.63) is 35.9 Å². The van der Waals surface area contributed by atoms with E-state index in [1.165, 1.54) is 0 Å². The Hall–Kier alpha value is -3.67. The number of piperidine rings is 1. The van der Waals surface area contributed by atoms with Gasteiger partial charge in [0.05, 0.1) is 6.04 Å². The van der Waals surface area contributed by atoms with Crippen molar-refractivity contribution in [2.24, 2.45) is 10.7 Å². The van der Waals surface area contributed by atoms with E-state index in [-0.39, 0.29) is 23.8 Å². The van der Waals surface area contributed by atoms with Gasteiger partial charge in [-0.15, -0.1) is 4.99 Å². The van der Waals surface area contributed by atoms with Gasteiger partial charge in [-0.1, -0.05) is 30.3 Å². The SMILES string of the molecule is CN(C(=O)[C@@H]1CCCN1C(=O)[C@H](N)Cc1ccccc1)C1CCN(C(=NC(=O)OC(C)(C)C)NC(=O)OC(C)(C)C)CC1. The fraction of sp³-hybridized carbons (Fsp3) is 0.645.